The maximum atomic E-state index is 5.62. The third-order valence-electron chi connectivity index (χ3n) is 4.94. The van der Waals surface area contributed by atoms with E-state index >= 15 is 0 Å². The first-order chi connectivity index (χ1) is 11.3. The van der Waals surface area contributed by atoms with Crippen LogP contribution in [0.1, 0.15) is 5.56 Å². The molecule has 1 aliphatic rings. The monoisotopic (exact) mass is 299 g/mol. The highest BCUT2D eigenvalue weighted by atomic mass is 16.5. The number of hydrogen-bond acceptors (Lipinski definition) is 1. The van der Waals surface area contributed by atoms with E-state index in [1.165, 1.54) is 38.5 Å². The number of rotatable bonds is 1. The molecule has 2 heterocycles. The molecule has 4 aromatic rings. The zero-order valence-electron chi connectivity index (χ0n) is 13.0. The van der Waals surface area contributed by atoms with Gasteiger partial charge in [0.2, 0.25) is 0 Å². The first-order valence-electron chi connectivity index (χ1n) is 8.04. The van der Waals surface area contributed by atoms with Crippen molar-refractivity contribution in [2.24, 2.45) is 7.05 Å². The minimum absolute atomic E-state index is 0.807. The Labute approximate surface area is 134 Å². The average Bonchev–Trinajstić information content (AvgIpc) is 3.18. The summed E-state index contributed by atoms with van der Waals surface area (Å²) in [6, 6.07) is 21.9. The molecule has 0 amide bonds. The van der Waals surface area contributed by atoms with Gasteiger partial charge in [-0.1, -0.05) is 30.3 Å². The summed E-state index contributed by atoms with van der Waals surface area (Å²) in [5.74, 6) is 1.04. The fraction of sp³-hybridized carbons (Fsp3) is 0.143. The molecule has 0 aliphatic carbocycles. The molecule has 0 saturated carbocycles. The molecule has 112 valence electrons. The minimum atomic E-state index is 0.807. The van der Waals surface area contributed by atoms with E-state index in [4.69, 9.17) is 4.74 Å². The second-order valence-corrected chi connectivity index (χ2v) is 6.23. The van der Waals surface area contributed by atoms with Crippen LogP contribution >= 0.6 is 0 Å². The van der Waals surface area contributed by atoms with Gasteiger partial charge in [-0.15, -0.1) is 0 Å². The highest BCUT2D eigenvalue weighted by molar-refractivity contribution is 6.09. The average molecular weight is 299 g/mol. The van der Waals surface area contributed by atoms with E-state index in [2.05, 4.69) is 72.3 Å². The van der Waals surface area contributed by atoms with Crippen LogP contribution in [-0.2, 0) is 13.5 Å². The Hall–Kier alpha value is -2.74. The first kappa shape index (κ1) is 12.8. The van der Waals surface area contributed by atoms with Crippen molar-refractivity contribution < 1.29 is 4.74 Å². The maximum absolute atomic E-state index is 5.62. The predicted octanol–water partition coefficient (Wildman–Crippen LogP) is 4.93. The van der Waals surface area contributed by atoms with Crippen LogP contribution in [0.4, 0.5) is 0 Å². The SMILES string of the molecule is Cn1c2ccccc2c2cc(-c3ccc4c(c3)CCO4)ccc21. The van der Waals surface area contributed by atoms with Crippen molar-refractivity contribution in [2.45, 2.75) is 6.42 Å². The summed E-state index contributed by atoms with van der Waals surface area (Å²) < 4.78 is 7.89. The summed E-state index contributed by atoms with van der Waals surface area (Å²) in [4.78, 5) is 0. The molecule has 5 rings (SSSR count). The fourth-order valence-electron chi connectivity index (χ4n) is 3.71. The molecule has 2 heteroatoms. The van der Waals surface area contributed by atoms with Crippen molar-refractivity contribution in [3.63, 3.8) is 0 Å². The second-order valence-electron chi connectivity index (χ2n) is 6.23. The largest absolute Gasteiger partial charge is 0.493 e. The Kier molecular flexibility index (Phi) is 2.57. The van der Waals surface area contributed by atoms with Crippen LogP contribution < -0.4 is 4.74 Å². The van der Waals surface area contributed by atoms with Gasteiger partial charge >= 0.3 is 0 Å². The number of hydrogen-bond donors (Lipinski definition) is 0. The van der Waals surface area contributed by atoms with Gasteiger partial charge in [0.1, 0.15) is 5.75 Å². The molecule has 23 heavy (non-hydrogen) atoms. The van der Waals surface area contributed by atoms with E-state index in [9.17, 15) is 0 Å². The van der Waals surface area contributed by atoms with E-state index in [0.717, 1.165) is 18.8 Å². The van der Waals surface area contributed by atoms with Crippen molar-refractivity contribution in [2.75, 3.05) is 6.61 Å². The van der Waals surface area contributed by atoms with Gasteiger partial charge in [0.25, 0.3) is 0 Å². The summed E-state index contributed by atoms with van der Waals surface area (Å²) in [6.07, 6.45) is 1.01. The second kappa shape index (κ2) is 4.63. The minimum Gasteiger partial charge on any atom is -0.493 e. The Bertz CT molecular complexity index is 1060. The van der Waals surface area contributed by atoms with Crippen LogP contribution in [0, 0.1) is 0 Å². The number of benzene rings is 3. The highest BCUT2D eigenvalue weighted by Crippen LogP contribution is 2.34. The van der Waals surface area contributed by atoms with Crippen molar-refractivity contribution in [3.05, 3.63) is 66.2 Å². The molecule has 0 spiro atoms. The summed E-state index contributed by atoms with van der Waals surface area (Å²) in [7, 11) is 2.14. The molecule has 1 aliphatic heterocycles. The topological polar surface area (TPSA) is 14.2 Å². The molecular formula is C21H17NO. The van der Waals surface area contributed by atoms with E-state index < -0.39 is 0 Å². The van der Waals surface area contributed by atoms with E-state index in [1.54, 1.807) is 0 Å². The Morgan fingerprint density at radius 3 is 2.57 bits per heavy atom. The zero-order valence-corrected chi connectivity index (χ0v) is 13.0. The normalized spacial score (nSPS) is 13.4. The molecule has 0 saturated heterocycles. The van der Waals surface area contributed by atoms with Crippen molar-refractivity contribution in [1.29, 1.82) is 0 Å². The molecule has 0 fully saturated rings. The number of para-hydroxylation sites is 1. The van der Waals surface area contributed by atoms with Crippen LogP contribution in [0.2, 0.25) is 0 Å². The van der Waals surface area contributed by atoms with Gasteiger partial charge < -0.3 is 9.30 Å². The van der Waals surface area contributed by atoms with Crippen molar-refractivity contribution in [3.8, 4) is 16.9 Å². The van der Waals surface area contributed by atoms with Crippen LogP contribution in [0.5, 0.6) is 5.75 Å². The lowest BCUT2D eigenvalue weighted by molar-refractivity contribution is 0.357. The lowest BCUT2D eigenvalue weighted by Crippen LogP contribution is -1.86. The van der Waals surface area contributed by atoms with Gasteiger partial charge in [0.15, 0.2) is 0 Å². The van der Waals surface area contributed by atoms with Gasteiger partial charge in [-0.3, -0.25) is 0 Å². The number of aromatic nitrogens is 1. The van der Waals surface area contributed by atoms with Gasteiger partial charge in [-0.05, 0) is 47.0 Å². The van der Waals surface area contributed by atoms with Crippen molar-refractivity contribution >= 4 is 21.8 Å². The summed E-state index contributed by atoms with van der Waals surface area (Å²) in [5, 5.41) is 2.63. The molecule has 3 aromatic carbocycles. The number of fused-ring (bicyclic) bond motifs is 4. The van der Waals surface area contributed by atoms with Crippen LogP contribution in [0.3, 0.4) is 0 Å². The quantitative estimate of drug-likeness (QED) is 0.486. The Balaban J connectivity index is 1.75. The number of aryl methyl sites for hydroxylation is 1. The number of ether oxygens (including phenoxy) is 1. The first-order valence-corrected chi connectivity index (χ1v) is 8.04. The van der Waals surface area contributed by atoms with Gasteiger partial charge in [-0.2, -0.15) is 0 Å². The Morgan fingerprint density at radius 2 is 1.61 bits per heavy atom. The highest BCUT2D eigenvalue weighted by Gasteiger charge is 2.14. The standard InChI is InChI=1S/C21H17NO/c1-22-19-5-3-2-4-17(19)18-13-15(6-8-20(18)22)14-7-9-21-16(12-14)10-11-23-21/h2-9,12-13H,10-11H2,1H3. The molecule has 0 radical (unpaired) electrons. The molecule has 1 aromatic heterocycles. The molecule has 0 unspecified atom stereocenters. The van der Waals surface area contributed by atoms with E-state index in [1.807, 2.05) is 0 Å². The van der Waals surface area contributed by atoms with Gasteiger partial charge in [0, 0.05) is 35.3 Å². The molecule has 0 atom stereocenters. The summed E-state index contributed by atoms with van der Waals surface area (Å²) in [5.41, 5.74) is 6.41. The lowest BCUT2D eigenvalue weighted by atomic mass is 10.00. The van der Waals surface area contributed by atoms with Crippen LogP contribution in [0.25, 0.3) is 32.9 Å². The lowest BCUT2D eigenvalue weighted by Gasteiger charge is -2.05. The molecule has 0 N–H and O–H groups in total. The van der Waals surface area contributed by atoms with E-state index in [-0.39, 0.29) is 0 Å². The summed E-state index contributed by atoms with van der Waals surface area (Å²) in [6.45, 7) is 0.807. The third kappa shape index (κ3) is 1.81. The van der Waals surface area contributed by atoms with Gasteiger partial charge in [-0.25, -0.2) is 0 Å². The molecule has 0 bridgehead atoms. The number of nitrogens with zero attached hydrogens (tertiary/aromatic N) is 1. The molecule has 2 nitrogen and oxygen atoms in total. The fourth-order valence-corrected chi connectivity index (χ4v) is 3.71. The Morgan fingerprint density at radius 1 is 0.826 bits per heavy atom. The van der Waals surface area contributed by atoms with Gasteiger partial charge in [0.05, 0.1) is 6.61 Å². The smallest absolute Gasteiger partial charge is 0.122 e. The van der Waals surface area contributed by atoms with Crippen LogP contribution in [0.15, 0.2) is 60.7 Å². The van der Waals surface area contributed by atoms with Crippen LogP contribution in [-0.4, -0.2) is 11.2 Å². The van der Waals surface area contributed by atoms with Crippen molar-refractivity contribution in [1.82, 2.24) is 4.57 Å². The molecular weight excluding hydrogens is 282 g/mol. The zero-order chi connectivity index (χ0) is 15.4. The van der Waals surface area contributed by atoms with E-state index in [0.29, 0.717) is 0 Å². The maximum Gasteiger partial charge on any atom is 0.122 e. The third-order valence-corrected chi connectivity index (χ3v) is 4.94. The predicted molar refractivity (Wildman–Crippen MR) is 95.1 cm³/mol. The summed E-state index contributed by atoms with van der Waals surface area (Å²) >= 11 is 0.